The van der Waals surface area contributed by atoms with Crippen molar-refractivity contribution in [3.05, 3.63) is 76.7 Å². The van der Waals surface area contributed by atoms with Crippen LogP contribution in [0.1, 0.15) is 62.8 Å². The van der Waals surface area contributed by atoms with Crippen LogP contribution in [-0.2, 0) is 29.7 Å². The number of ether oxygens (including phenoxy) is 1. The van der Waals surface area contributed by atoms with E-state index in [0.29, 0.717) is 43.2 Å². The third-order valence-electron chi connectivity index (χ3n) is 8.66. The number of benzene rings is 2. The number of para-hydroxylation sites is 1. The molecule has 0 saturated carbocycles. The Morgan fingerprint density at radius 3 is 2.22 bits per heavy atom. The molecule has 1 N–H and O–H groups in total. The van der Waals surface area contributed by atoms with Crippen molar-refractivity contribution in [1.29, 1.82) is 0 Å². The van der Waals surface area contributed by atoms with Gasteiger partial charge in [-0.1, -0.05) is 30.3 Å². The topological polar surface area (TPSA) is 82.9 Å². The van der Waals surface area contributed by atoms with E-state index in [0.717, 1.165) is 22.7 Å². The summed E-state index contributed by atoms with van der Waals surface area (Å²) in [6, 6.07) is 8.11. The van der Waals surface area contributed by atoms with Crippen LogP contribution in [0.3, 0.4) is 0 Å². The number of nitrogens with one attached hydrogen (secondary N) is 1. The van der Waals surface area contributed by atoms with Crippen LogP contribution in [0.5, 0.6) is 0 Å². The molecule has 0 bridgehead atoms. The smallest absolute Gasteiger partial charge is 0.432 e. The van der Waals surface area contributed by atoms with Gasteiger partial charge in [-0.15, -0.1) is 0 Å². The number of fused-ring (bicyclic) bond motifs is 1. The minimum absolute atomic E-state index is 0.123. The number of alkyl halides is 6. The number of piperidine rings is 1. The zero-order valence-corrected chi connectivity index (χ0v) is 27.5. The number of urea groups is 1. The van der Waals surface area contributed by atoms with Crippen LogP contribution in [0.2, 0.25) is 0 Å². The second kappa shape index (κ2) is 12.8. The largest absolute Gasteiger partial charge is 0.444 e. The van der Waals surface area contributed by atoms with E-state index in [1.807, 2.05) is 10.2 Å². The molecule has 2 aliphatic rings. The molecule has 1 aromatic heterocycles. The summed E-state index contributed by atoms with van der Waals surface area (Å²) in [5, 5.41) is 5.92. The van der Waals surface area contributed by atoms with Gasteiger partial charge in [-0.05, 0) is 70.7 Å². The molecule has 1 fully saturated rings. The molecule has 1 unspecified atom stereocenters. The molecule has 3 aromatic rings. The van der Waals surface area contributed by atoms with Crippen LogP contribution >= 0.6 is 0 Å². The summed E-state index contributed by atoms with van der Waals surface area (Å²) in [6.45, 7) is 6.73. The minimum atomic E-state index is -5.13. The number of hydrogen-bond donors (Lipinski definition) is 1. The van der Waals surface area contributed by atoms with Crippen molar-refractivity contribution in [2.45, 2.75) is 90.2 Å². The molecule has 0 aliphatic carbocycles. The molecule has 5 rings (SSSR count). The maximum atomic E-state index is 14.7. The summed E-state index contributed by atoms with van der Waals surface area (Å²) in [5.41, 5.74) is -4.31. The lowest BCUT2D eigenvalue weighted by Crippen LogP contribution is -2.59. The summed E-state index contributed by atoms with van der Waals surface area (Å²) in [4.78, 5) is 30.9. The summed E-state index contributed by atoms with van der Waals surface area (Å²) in [5.74, 6) is -0.675. The molecule has 49 heavy (non-hydrogen) atoms. The van der Waals surface area contributed by atoms with E-state index in [1.54, 1.807) is 19.1 Å². The lowest BCUT2D eigenvalue weighted by molar-refractivity contribution is -0.221. The van der Waals surface area contributed by atoms with Crippen molar-refractivity contribution in [2.24, 2.45) is 0 Å². The number of aryl methyl sites for hydroxylation is 1. The molecule has 0 spiro atoms. The highest BCUT2D eigenvalue weighted by molar-refractivity contribution is 5.94. The number of alkyl carbamates (subject to hydrolysis) is 1. The Morgan fingerprint density at radius 2 is 1.63 bits per heavy atom. The number of hydrogen-bond acceptors (Lipinski definition) is 5. The molecule has 3 heterocycles. The Morgan fingerprint density at radius 1 is 0.980 bits per heavy atom. The number of nitrogens with zero attached hydrogens (tertiary/aromatic N) is 5. The summed E-state index contributed by atoms with van der Waals surface area (Å²) in [6.07, 6.45) is -9.55. The minimum Gasteiger partial charge on any atom is -0.444 e. The lowest BCUT2D eigenvalue weighted by Gasteiger charge is -2.43. The molecule has 2 aliphatic heterocycles. The van der Waals surface area contributed by atoms with Gasteiger partial charge in [0, 0.05) is 30.9 Å². The number of carbonyl (C=O) groups is 2. The van der Waals surface area contributed by atoms with Crippen LogP contribution in [0.25, 0.3) is 0 Å². The first-order valence-electron chi connectivity index (χ1n) is 15.6. The molecule has 9 nitrogen and oxygen atoms in total. The van der Waals surface area contributed by atoms with Gasteiger partial charge in [-0.2, -0.15) is 31.4 Å². The van der Waals surface area contributed by atoms with E-state index in [-0.39, 0.29) is 23.5 Å². The zero-order chi connectivity index (χ0) is 36.1. The Balaban J connectivity index is 1.52. The number of anilines is 2. The number of halogens is 7. The third kappa shape index (κ3) is 7.27. The van der Waals surface area contributed by atoms with Crippen LogP contribution < -0.4 is 15.1 Å². The molecular weight excluding hydrogens is 661 g/mol. The van der Waals surface area contributed by atoms with E-state index in [4.69, 9.17) is 4.74 Å². The van der Waals surface area contributed by atoms with Crippen molar-refractivity contribution < 1.29 is 45.1 Å². The van der Waals surface area contributed by atoms with Gasteiger partial charge in [-0.25, -0.2) is 18.7 Å². The quantitative estimate of drug-likeness (QED) is 0.267. The van der Waals surface area contributed by atoms with Gasteiger partial charge in [-0.3, -0.25) is 10.2 Å². The normalized spacial score (nSPS) is 17.6. The zero-order valence-electron chi connectivity index (χ0n) is 27.5. The van der Waals surface area contributed by atoms with Crippen LogP contribution in [-0.4, -0.2) is 57.7 Å². The Hall–Kier alpha value is -4.50. The van der Waals surface area contributed by atoms with Gasteiger partial charge in [0.2, 0.25) is 5.66 Å². The van der Waals surface area contributed by atoms with Gasteiger partial charge in [0.25, 0.3) is 0 Å². The lowest BCUT2D eigenvalue weighted by atomic mass is 10.00. The first kappa shape index (κ1) is 35.8. The number of rotatable bonds is 6. The van der Waals surface area contributed by atoms with Gasteiger partial charge in [0.15, 0.2) is 5.82 Å². The fourth-order valence-electron chi connectivity index (χ4n) is 6.18. The molecule has 1 atom stereocenters. The molecular formula is C33H37F7N6O3. The molecule has 0 radical (unpaired) electrons. The molecule has 2 aromatic carbocycles. The predicted octanol–water partition coefficient (Wildman–Crippen LogP) is 7.72. The standard InChI is InChI=1S/C33H37F7N6O3/c1-20-9-8-12-25(34)26(20)43-15-13-23(14-16-43)44-18-22-19-46(31(5,33(38,39)40)41-28(47)49-30(2,3)4)42-27(22)45(29(44)48)17-21-10-6-7-11-24(21)32(35,36)37/h6-12,19,23H,13-18H2,1-5H3,(H,41,47). The maximum absolute atomic E-state index is 14.7. The van der Waals surface area contributed by atoms with E-state index >= 15 is 0 Å². The first-order valence-corrected chi connectivity index (χ1v) is 15.6. The van der Waals surface area contributed by atoms with Crippen molar-refractivity contribution in [3.63, 3.8) is 0 Å². The van der Waals surface area contributed by atoms with E-state index in [1.165, 1.54) is 49.9 Å². The SMILES string of the molecule is Cc1cccc(F)c1N1CCC(N2Cc3cn(C(C)(NC(=O)OC(C)(C)C)C(F)(F)F)nc3N(Cc3ccccc3C(F)(F)F)C2=O)CC1. The Bertz CT molecular complexity index is 1690. The van der Waals surface area contributed by atoms with E-state index in [9.17, 15) is 40.3 Å². The highest BCUT2D eigenvalue weighted by atomic mass is 19.4. The maximum Gasteiger partial charge on any atom is 0.432 e. The van der Waals surface area contributed by atoms with Crippen LogP contribution in [0.4, 0.5) is 51.8 Å². The fraction of sp³-hybridized carbons (Fsp3) is 0.485. The van der Waals surface area contributed by atoms with Crippen molar-refractivity contribution in [2.75, 3.05) is 22.9 Å². The molecule has 16 heteroatoms. The second-order valence-corrected chi connectivity index (χ2v) is 13.4. The molecule has 1 saturated heterocycles. The van der Waals surface area contributed by atoms with Gasteiger partial charge >= 0.3 is 24.5 Å². The number of amides is 3. The van der Waals surface area contributed by atoms with Gasteiger partial charge in [0.1, 0.15) is 11.4 Å². The first-order chi connectivity index (χ1) is 22.7. The highest BCUT2D eigenvalue weighted by Gasteiger charge is 2.56. The molecule has 3 amide bonds. The van der Waals surface area contributed by atoms with Crippen molar-refractivity contribution in [3.8, 4) is 0 Å². The van der Waals surface area contributed by atoms with Crippen molar-refractivity contribution >= 4 is 23.6 Å². The average molecular weight is 699 g/mol. The van der Waals surface area contributed by atoms with Gasteiger partial charge in [0.05, 0.1) is 24.3 Å². The van der Waals surface area contributed by atoms with E-state index < -0.39 is 59.7 Å². The van der Waals surface area contributed by atoms with E-state index in [2.05, 4.69) is 5.10 Å². The number of aromatic nitrogens is 2. The second-order valence-electron chi connectivity index (χ2n) is 13.4. The van der Waals surface area contributed by atoms with Crippen molar-refractivity contribution in [1.82, 2.24) is 20.0 Å². The van der Waals surface area contributed by atoms with Gasteiger partial charge < -0.3 is 14.5 Å². The average Bonchev–Trinajstić information content (AvgIpc) is 3.42. The predicted molar refractivity (Wildman–Crippen MR) is 166 cm³/mol. The highest BCUT2D eigenvalue weighted by Crippen LogP contribution is 2.40. The Kier molecular flexibility index (Phi) is 9.32. The fourth-order valence-corrected chi connectivity index (χ4v) is 6.18. The summed E-state index contributed by atoms with van der Waals surface area (Å²) < 4.78 is 106. The third-order valence-corrected chi connectivity index (χ3v) is 8.66. The van der Waals surface area contributed by atoms with Crippen LogP contribution in [0.15, 0.2) is 48.7 Å². The summed E-state index contributed by atoms with van der Waals surface area (Å²) >= 11 is 0. The summed E-state index contributed by atoms with van der Waals surface area (Å²) in [7, 11) is 0. The monoisotopic (exact) mass is 698 g/mol. The number of carbonyl (C=O) groups excluding carboxylic acids is 2. The van der Waals surface area contributed by atoms with Crippen LogP contribution in [0, 0.1) is 12.7 Å². The molecule has 266 valence electrons. The Labute approximate surface area is 278 Å².